The average Bonchev–Trinajstić information content (AvgIpc) is 2.54. The predicted molar refractivity (Wildman–Crippen MR) is 53.6 cm³/mol. The lowest BCUT2D eigenvalue weighted by Gasteiger charge is -2.06. The first-order chi connectivity index (χ1) is 6.36. The van der Waals surface area contributed by atoms with Crippen LogP contribution in [0.2, 0.25) is 0 Å². The zero-order valence-electron chi connectivity index (χ0n) is 7.71. The lowest BCUT2D eigenvalue weighted by molar-refractivity contribution is 0.205. The van der Waals surface area contributed by atoms with Crippen LogP contribution in [0, 0.1) is 0 Å². The van der Waals surface area contributed by atoms with Crippen molar-refractivity contribution in [2.75, 3.05) is 18.5 Å². The van der Waals surface area contributed by atoms with Crippen LogP contribution < -0.4 is 5.32 Å². The van der Waals surface area contributed by atoms with Crippen molar-refractivity contribution in [1.82, 2.24) is 0 Å². The quantitative estimate of drug-likeness (QED) is 0.745. The van der Waals surface area contributed by atoms with Gasteiger partial charge in [0.25, 0.3) is 0 Å². The van der Waals surface area contributed by atoms with Crippen LogP contribution in [-0.2, 0) is 4.74 Å². The number of para-hydroxylation sites is 1. The van der Waals surface area contributed by atoms with Gasteiger partial charge in [0.05, 0.1) is 13.2 Å². The lowest BCUT2D eigenvalue weighted by atomic mass is 10.2. The molecule has 0 atom stereocenters. The van der Waals surface area contributed by atoms with Crippen molar-refractivity contribution in [3.05, 3.63) is 41.6 Å². The fourth-order valence-corrected chi connectivity index (χ4v) is 1.35. The van der Waals surface area contributed by atoms with E-state index in [1.807, 2.05) is 18.2 Å². The van der Waals surface area contributed by atoms with Crippen LogP contribution >= 0.6 is 0 Å². The molecule has 13 heavy (non-hydrogen) atoms. The topological polar surface area (TPSA) is 21.3 Å². The molecule has 1 heterocycles. The highest BCUT2D eigenvalue weighted by molar-refractivity contribution is 5.49. The van der Waals surface area contributed by atoms with E-state index in [9.17, 15) is 0 Å². The molecular formula is C11H13NO. The Balaban J connectivity index is 2.11. The molecule has 68 valence electrons. The predicted octanol–water partition coefficient (Wildman–Crippen LogP) is 2.40. The summed E-state index contributed by atoms with van der Waals surface area (Å²) in [4.78, 5) is 0. The molecule has 1 aliphatic rings. The van der Waals surface area contributed by atoms with E-state index in [4.69, 9.17) is 4.74 Å². The molecule has 0 saturated carbocycles. The maximum Gasteiger partial charge on any atom is 0.0870 e. The van der Waals surface area contributed by atoms with E-state index in [1.165, 1.54) is 11.3 Å². The van der Waals surface area contributed by atoms with E-state index in [0.29, 0.717) is 6.61 Å². The summed E-state index contributed by atoms with van der Waals surface area (Å²) in [6.45, 7) is 3.56. The third-order valence-electron chi connectivity index (χ3n) is 2.15. The van der Waals surface area contributed by atoms with Gasteiger partial charge in [-0.15, -0.1) is 0 Å². The van der Waals surface area contributed by atoms with Crippen molar-refractivity contribution in [3.8, 4) is 0 Å². The number of nitrogens with one attached hydrogen (secondary N) is 1. The average molecular weight is 175 g/mol. The van der Waals surface area contributed by atoms with Crippen molar-refractivity contribution >= 4 is 5.69 Å². The van der Waals surface area contributed by atoms with Crippen LogP contribution in [0.3, 0.4) is 0 Å². The molecule has 2 rings (SSSR count). The van der Waals surface area contributed by atoms with Crippen LogP contribution in [0.25, 0.3) is 0 Å². The Hall–Kier alpha value is -1.28. The number of hydrogen-bond acceptors (Lipinski definition) is 2. The Morgan fingerprint density at radius 3 is 2.54 bits per heavy atom. The fourth-order valence-electron chi connectivity index (χ4n) is 1.35. The minimum absolute atomic E-state index is 0.709. The maximum absolute atomic E-state index is 5.30. The van der Waals surface area contributed by atoms with E-state index in [1.54, 1.807) is 0 Å². The van der Waals surface area contributed by atoms with E-state index < -0.39 is 0 Å². The molecule has 0 spiro atoms. The molecule has 0 saturated heterocycles. The van der Waals surface area contributed by atoms with Gasteiger partial charge in [-0.3, -0.25) is 0 Å². The van der Waals surface area contributed by atoms with Gasteiger partial charge >= 0.3 is 0 Å². The van der Waals surface area contributed by atoms with Gasteiger partial charge in [-0.1, -0.05) is 18.2 Å². The second-order valence-corrected chi connectivity index (χ2v) is 3.24. The number of benzene rings is 1. The van der Waals surface area contributed by atoms with Gasteiger partial charge in [-0.2, -0.15) is 0 Å². The zero-order valence-corrected chi connectivity index (χ0v) is 7.71. The van der Waals surface area contributed by atoms with Crippen molar-refractivity contribution in [2.45, 2.75) is 6.92 Å². The standard InChI is InChI=1S/C11H13NO/c1-9-7-13-8-11(9)12-10-5-3-2-4-6-10/h2-6,12H,7-8H2,1H3. The highest BCUT2D eigenvalue weighted by Crippen LogP contribution is 2.16. The molecule has 0 radical (unpaired) electrons. The second-order valence-electron chi connectivity index (χ2n) is 3.24. The van der Waals surface area contributed by atoms with Gasteiger partial charge in [0, 0.05) is 11.4 Å². The van der Waals surface area contributed by atoms with Crippen molar-refractivity contribution in [3.63, 3.8) is 0 Å². The third kappa shape index (κ3) is 1.90. The number of rotatable bonds is 2. The molecule has 1 aliphatic heterocycles. The molecule has 1 aromatic rings. The fraction of sp³-hybridized carbons (Fsp3) is 0.273. The van der Waals surface area contributed by atoms with Crippen molar-refractivity contribution < 1.29 is 4.74 Å². The normalized spacial score (nSPS) is 16.4. The molecule has 0 amide bonds. The van der Waals surface area contributed by atoms with E-state index in [0.717, 1.165) is 12.3 Å². The molecule has 0 bridgehead atoms. The lowest BCUT2D eigenvalue weighted by Crippen LogP contribution is -2.01. The molecule has 2 nitrogen and oxygen atoms in total. The second kappa shape index (κ2) is 3.62. The van der Waals surface area contributed by atoms with Gasteiger partial charge in [0.15, 0.2) is 0 Å². The van der Waals surface area contributed by atoms with Crippen LogP contribution in [0.5, 0.6) is 0 Å². The summed E-state index contributed by atoms with van der Waals surface area (Å²) in [7, 11) is 0. The maximum atomic E-state index is 5.30. The highest BCUT2D eigenvalue weighted by Gasteiger charge is 2.10. The summed E-state index contributed by atoms with van der Waals surface area (Å²) >= 11 is 0. The minimum atomic E-state index is 0.709. The van der Waals surface area contributed by atoms with Gasteiger partial charge < -0.3 is 10.1 Å². The molecule has 0 aliphatic carbocycles. The largest absolute Gasteiger partial charge is 0.371 e. The molecule has 0 fully saturated rings. The Morgan fingerprint density at radius 2 is 1.92 bits per heavy atom. The Morgan fingerprint density at radius 1 is 1.15 bits per heavy atom. The SMILES string of the molecule is CC1=C(Nc2ccccc2)COC1. The van der Waals surface area contributed by atoms with Gasteiger partial charge in [0.2, 0.25) is 0 Å². The Bertz CT molecular complexity index is 316. The van der Waals surface area contributed by atoms with Crippen LogP contribution in [0.4, 0.5) is 5.69 Å². The van der Waals surface area contributed by atoms with Gasteiger partial charge in [-0.05, 0) is 24.6 Å². The summed E-state index contributed by atoms with van der Waals surface area (Å²) in [5.41, 5.74) is 3.62. The van der Waals surface area contributed by atoms with E-state index in [2.05, 4.69) is 24.4 Å². The van der Waals surface area contributed by atoms with Crippen molar-refractivity contribution in [1.29, 1.82) is 0 Å². The highest BCUT2D eigenvalue weighted by atomic mass is 16.5. The monoisotopic (exact) mass is 175 g/mol. The first kappa shape index (κ1) is 8.32. The summed E-state index contributed by atoms with van der Waals surface area (Å²) in [6.07, 6.45) is 0. The van der Waals surface area contributed by atoms with E-state index >= 15 is 0 Å². The first-order valence-corrected chi connectivity index (χ1v) is 4.45. The Labute approximate surface area is 78.2 Å². The molecule has 1 N–H and O–H groups in total. The summed E-state index contributed by atoms with van der Waals surface area (Å²) < 4.78 is 5.30. The zero-order chi connectivity index (χ0) is 9.10. The number of anilines is 1. The van der Waals surface area contributed by atoms with Crippen LogP contribution in [-0.4, -0.2) is 13.2 Å². The van der Waals surface area contributed by atoms with Gasteiger partial charge in [0.1, 0.15) is 0 Å². The molecule has 0 unspecified atom stereocenters. The smallest absolute Gasteiger partial charge is 0.0870 e. The van der Waals surface area contributed by atoms with Gasteiger partial charge in [-0.25, -0.2) is 0 Å². The first-order valence-electron chi connectivity index (χ1n) is 4.45. The molecular weight excluding hydrogens is 162 g/mol. The number of ether oxygens (including phenoxy) is 1. The summed E-state index contributed by atoms with van der Waals surface area (Å²) in [5, 5.41) is 3.35. The Kier molecular flexibility index (Phi) is 2.32. The summed E-state index contributed by atoms with van der Waals surface area (Å²) in [5.74, 6) is 0. The van der Waals surface area contributed by atoms with Crippen LogP contribution in [0.1, 0.15) is 6.92 Å². The molecule has 2 heteroatoms. The third-order valence-corrected chi connectivity index (χ3v) is 2.15. The van der Waals surface area contributed by atoms with Crippen LogP contribution in [0.15, 0.2) is 41.6 Å². The minimum Gasteiger partial charge on any atom is -0.371 e. The molecule has 0 aromatic heterocycles. The summed E-state index contributed by atoms with van der Waals surface area (Å²) in [6, 6.07) is 10.2. The number of hydrogen-bond donors (Lipinski definition) is 1. The van der Waals surface area contributed by atoms with Crippen molar-refractivity contribution in [2.24, 2.45) is 0 Å². The van der Waals surface area contributed by atoms with E-state index in [-0.39, 0.29) is 0 Å². The molecule has 1 aromatic carbocycles.